The molecule has 108 valence electrons. The van der Waals surface area contributed by atoms with Gasteiger partial charge in [0.15, 0.2) is 5.16 Å². The van der Waals surface area contributed by atoms with Crippen molar-refractivity contribution in [3.05, 3.63) is 20.8 Å². The molecule has 0 radical (unpaired) electrons. The lowest BCUT2D eigenvalue weighted by Crippen LogP contribution is -2.23. The molecule has 0 amide bonds. The summed E-state index contributed by atoms with van der Waals surface area (Å²) in [4.78, 5) is 20.0. The van der Waals surface area contributed by atoms with Crippen molar-refractivity contribution < 1.29 is 0 Å². The Labute approximate surface area is 127 Å². The highest BCUT2D eigenvalue weighted by Crippen LogP contribution is 2.35. The van der Waals surface area contributed by atoms with Gasteiger partial charge < -0.3 is 0 Å². The predicted octanol–water partition coefficient (Wildman–Crippen LogP) is 3.86. The summed E-state index contributed by atoms with van der Waals surface area (Å²) in [6.45, 7) is 7.00. The molecule has 0 N–H and O–H groups in total. The lowest BCUT2D eigenvalue weighted by Gasteiger charge is -2.13. The Balaban J connectivity index is 2.26. The maximum absolute atomic E-state index is 12.8. The highest BCUT2D eigenvalue weighted by molar-refractivity contribution is 7.99. The van der Waals surface area contributed by atoms with Gasteiger partial charge in [0.25, 0.3) is 5.56 Å². The van der Waals surface area contributed by atoms with Crippen molar-refractivity contribution in [1.82, 2.24) is 9.55 Å². The summed E-state index contributed by atoms with van der Waals surface area (Å²) in [5.41, 5.74) is 1.46. The van der Waals surface area contributed by atoms with Crippen molar-refractivity contribution in [2.45, 2.75) is 63.4 Å². The third-order valence-corrected chi connectivity index (χ3v) is 5.88. The Morgan fingerprint density at radius 3 is 2.80 bits per heavy atom. The highest BCUT2D eigenvalue weighted by atomic mass is 32.2. The zero-order valence-corrected chi connectivity index (χ0v) is 13.9. The third-order valence-electron chi connectivity index (χ3n) is 3.70. The molecule has 5 heteroatoms. The first-order chi connectivity index (χ1) is 9.61. The van der Waals surface area contributed by atoms with Gasteiger partial charge in [-0.25, -0.2) is 4.98 Å². The SMILES string of the molecule is CCn1c(SC(C)C)nc2sc3c(c2c1=O)CCCC3. The molecule has 3 rings (SSSR count). The van der Waals surface area contributed by atoms with Crippen LogP contribution in [0.25, 0.3) is 10.2 Å². The zero-order valence-electron chi connectivity index (χ0n) is 12.2. The van der Waals surface area contributed by atoms with Gasteiger partial charge in [0.05, 0.1) is 5.39 Å². The molecule has 0 fully saturated rings. The fraction of sp³-hybridized carbons (Fsp3) is 0.600. The molecule has 20 heavy (non-hydrogen) atoms. The number of thioether (sulfide) groups is 1. The Morgan fingerprint density at radius 1 is 1.35 bits per heavy atom. The maximum Gasteiger partial charge on any atom is 0.263 e. The second kappa shape index (κ2) is 5.53. The molecule has 0 unspecified atom stereocenters. The van der Waals surface area contributed by atoms with Gasteiger partial charge in [-0.05, 0) is 38.2 Å². The van der Waals surface area contributed by atoms with Crippen LogP contribution in [0.4, 0.5) is 0 Å². The van der Waals surface area contributed by atoms with Crippen LogP contribution in [0.3, 0.4) is 0 Å². The van der Waals surface area contributed by atoms with E-state index >= 15 is 0 Å². The minimum absolute atomic E-state index is 0.167. The topological polar surface area (TPSA) is 34.9 Å². The Hall–Kier alpha value is -0.810. The summed E-state index contributed by atoms with van der Waals surface area (Å²) >= 11 is 3.42. The molecule has 2 aromatic heterocycles. The average molecular weight is 308 g/mol. The fourth-order valence-electron chi connectivity index (χ4n) is 2.80. The van der Waals surface area contributed by atoms with Gasteiger partial charge in [-0.15, -0.1) is 11.3 Å². The molecule has 0 saturated carbocycles. The van der Waals surface area contributed by atoms with E-state index in [0.29, 0.717) is 11.8 Å². The van der Waals surface area contributed by atoms with E-state index in [1.807, 2.05) is 11.5 Å². The van der Waals surface area contributed by atoms with E-state index < -0.39 is 0 Å². The predicted molar refractivity (Wildman–Crippen MR) is 87.2 cm³/mol. The standard InChI is InChI=1S/C15H20N2OS2/c1-4-17-14(18)12-10-7-5-6-8-11(10)20-13(12)16-15(17)19-9(2)3/h9H,4-8H2,1-3H3. The van der Waals surface area contributed by atoms with E-state index in [2.05, 4.69) is 13.8 Å². The van der Waals surface area contributed by atoms with Gasteiger partial charge in [-0.2, -0.15) is 0 Å². The smallest absolute Gasteiger partial charge is 0.263 e. The molecule has 1 aliphatic carbocycles. The molecule has 0 saturated heterocycles. The number of thiophene rings is 1. The van der Waals surface area contributed by atoms with Crippen molar-refractivity contribution >= 4 is 33.3 Å². The van der Waals surface area contributed by atoms with Crippen LogP contribution in [-0.4, -0.2) is 14.8 Å². The molecule has 0 atom stereocenters. The number of hydrogen-bond acceptors (Lipinski definition) is 4. The summed E-state index contributed by atoms with van der Waals surface area (Å²) in [7, 11) is 0. The van der Waals surface area contributed by atoms with Crippen LogP contribution in [0.15, 0.2) is 9.95 Å². The van der Waals surface area contributed by atoms with Crippen LogP contribution in [0.2, 0.25) is 0 Å². The normalized spacial score (nSPS) is 15.0. The van der Waals surface area contributed by atoms with Crippen molar-refractivity contribution in [3.8, 4) is 0 Å². The van der Waals surface area contributed by atoms with Gasteiger partial charge in [-0.3, -0.25) is 9.36 Å². The molecule has 2 heterocycles. The summed E-state index contributed by atoms with van der Waals surface area (Å²) in [5, 5.41) is 2.21. The van der Waals surface area contributed by atoms with Crippen molar-refractivity contribution in [3.63, 3.8) is 0 Å². The lowest BCUT2D eigenvalue weighted by molar-refractivity contribution is 0.632. The van der Waals surface area contributed by atoms with Gasteiger partial charge in [0.1, 0.15) is 4.83 Å². The number of aromatic nitrogens is 2. The summed E-state index contributed by atoms with van der Waals surface area (Å²) in [5.74, 6) is 0. The van der Waals surface area contributed by atoms with Crippen LogP contribution in [0, 0.1) is 0 Å². The van der Waals surface area contributed by atoms with E-state index in [-0.39, 0.29) is 5.56 Å². The Kier molecular flexibility index (Phi) is 3.91. The molecular formula is C15H20N2OS2. The van der Waals surface area contributed by atoms with Crippen molar-refractivity contribution in [1.29, 1.82) is 0 Å². The second-order valence-electron chi connectivity index (χ2n) is 5.50. The minimum atomic E-state index is 0.167. The first-order valence-corrected chi connectivity index (χ1v) is 9.03. The number of hydrogen-bond donors (Lipinski definition) is 0. The molecule has 2 aromatic rings. The third kappa shape index (κ3) is 2.31. The van der Waals surface area contributed by atoms with Crippen LogP contribution in [-0.2, 0) is 19.4 Å². The van der Waals surface area contributed by atoms with Gasteiger partial charge >= 0.3 is 0 Å². The number of nitrogens with zero attached hydrogens (tertiary/aromatic N) is 2. The largest absolute Gasteiger partial charge is 0.287 e. The van der Waals surface area contributed by atoms with Crippen LogP contribution in [0.5, 0.6) is 0 Å². The van der Waals surface area contributed by atoms with Crippen molar-refractivity contribution in [2.24, 2.45) is 0 Å². The van der Waals surface area contributed by atoms with E-state index in [4.69, 9.17) is 4.98 Å². The van der Waals surface area contributed by atoms with Crippen LogP contribution < -0.4 is 5.56 Å². The summed E-state index contributed by atoms with van der Waals surface area (Å²) in [6, 6.07) is 0. The van der Waals surface area contributed by atoms with Crippen molar-refractivity contribution in [2.75, 3.05) is 0 Å². The summed E-state index contributed by atoms with van der Waals surface area (Å²) in [6.07, 6.45) is 4.61. The summed E-state index contributed by atoms with van der Waals surface area (Å²) < 4.78 is 1.84. The minimum Gasteiger partial charge on any atom is -0.287 e. The number of rotatable bonds is 3. The van der Waals surface area contributed by atoms with Gasteiger partial charge in [-0.1, -0.05) is 25.6 Å². The van der Waals surface area contributed by atoms with E-state index in [1.165, 1.54) is 23.3 Å². The molecule has 0 bridgehead atoms. The number of fused-ring (bicyclic) bond motifs is 3. The maximum atomic E-state index is 12.8. The molecule has 3 nitrogen and oxygen atoms in total. The molecule has 0 spiro atoms. The molecule has 1 aliphatic rings. The second-order valence-corrected chi connectivity index (χ2v) is 8.13. The van der Waals surface area contributed by atoms with E-state index in [9.17, 15) is 4.79 Å². The van der Waals surface area contributed by atoms with E-state index in [0.717, 1.165) is 28.2 Å². The Morgan fingerprint density at radius 2 is 2.10 bits per heavy atom. The highest BCUT2D eigenvalue weighted by Gasteiger charge is 2.21. The quantitative estimate of drug-likeness (QED) is 0.638. The first kappa shape index (κ1) is 14.1. The molecule has 0 aromatic carbocycles. The zero-order chi connectivity index (χ0) is 14.3. The van der Waals surface area contributed by atoms with Gasteiger partial charge in [0, 0.05) is 16.7 Å². The number of aryl methyl sites for hydroxylation is 2. The lowest BCUT2D eigenvalue weighted by atomic mass is 9.97. The van der Waals surface area contributed by atoms with Crippen LogP contribution in [0.1, 0.15) is 44.1 Å². The molecule has 0 aliphatic heterocycles. The monoisotopic (exact) mass is 308 g/mol. The van der Waals surface area contributed by atoms with Crippen LogP contribution >= 0.6 is 23.1 Å². The molecular weight excluding hydrogens is 288 g/mol. The van der Waals surface area contributed by atoms with Gasteiger partial charge in [0.2, 0.25) is 0 Å². The first-order valence-electron chi connectivity index (χ1n) is 7.33. The average Bonchev–Trinajstić information content (AvgIpc) is 2.76. The Bertz CT molecular complexity index is 700. The fourth-order valence-corrected chi connectivity index (χ4v) is 5.01. The van der Waals surface area contributed by atoms with E-state index in [1.54, 1.807) is 23.1 Å².